The molecule has 7 atom stereocenters. The SMILES string of the molecule is CC(C=O)NC(=O)OC(C)(C)C.CNPOCC1CC(OC(C)(C)O)C(N2C=NC3C(N)=NC=NC32)O1.O=CO.OCCCCCCNCc1ccccc1. The van der Waals surface area contributed by atoms with Crippen molar-refractivity contribution in [2.75, 3.05) is 26.8 Å². The molecule has 0 spiro atoms. The summed E-state index contributed by atoms with van der Waals surface area (Å²) >= 11 is 0. The van der Waals surface area contributed by atoms with Crippen LogP contribution in [-0.4, -0.2) is 132 Å². The molecule has 7 unspecified atom stereocenters. The Bertz CT molecular complexity index is 1310. The average Bonchev–Trinajstić information content (AvgIpc) is 3.72. The van der Waals surface area contributed by atoms with Crippen molar-refractivity contribution in [1.29, 1.82) is 0 Å². The van der Waals surface area contributed by atoms with Crippen LogP contribution in [0.2, 0.25) is 0 Å². The Balaban J connectivity index is 0.000000432. The van der Waals surface area contributed by atoms with Crippen LogP contribution in [0.5, 0.6) is 0 Å². The summed E-state index contributed by atoms with van der Waals surface area (Å²) in [5.41, 5.74) is 6.73. The second-order valence-corrected chi connectivity index (χ2v) is 15.0. The molecular formula is C36H63N8O10P. The van der Waals surface area contributed by atoms with E-state index in [1.54, 1.807) is 47.9 Å². The zero-order valence-corrected chi connectivity index (χ0v) is 34.1. The van der Waals surface area contributed by atoms with Gasteiger partial charge < -0.3 is 60.1 Å². The lowest BCUT2D eigenvalue weighted by Gasteiger charge is -2.35. The second kappa shape index (κ2) is 27.1. The number of aldehydes is 1. The molecule has 3 aliphatic heterocycles. The summed E-state index contributed by atoms with van der Waals surface area (Å²) in [4.78, 5) is 44.1. The van der Waals surface area contributed by atoms with Crippen molar-refractivity contribution < 1.29 is 48.4 Å². The van der Waals surface area contributed by atoms with E-state index in [1.165, 1.54) is 24.7 Å². The third kappa shape index (κ3) is 21.9. The predicted molar refractivity (Wildman–Crippen MR) is 213 cm³/mol. The minimum Gasteiger partial charge on any atom is -0.483 e. The van der Waals surface area contributed by atoms with Gasteiger partial charge in [-0.25, -0.2) is 14.8 Å². The first kappa shape index (κ1) is 49.4. The molecule has 4 rings (SSSR count). The number of nitrogens with two attached hydrogens (primary N) is 1. The molecule has 0 aromatic heterocycles. The van der Waals surface area contributed by atoms with Gasteiger partial charge in [-0.3, -0.25) is 14.9 Å². The van der Waals surface area contributed by atoms with Crippen molar-refractivity contribution in [1.82, 2.24) is 20.6 Å². The van der Waals surface area contributed by atoms with Crippen LogP contribution in [0.3, 0.4) is 0 Å². The van der Waals surface area contributed by atoms with Gasteiger partial charge in [-0.15, -0.1) is 0 Å². The van der Waals surface area contributed by atoms with Gasteiger partial charge >= 0.3 is 6.09 Å². The number of unbranched alkanes of at least 4 members (excludes halogenated alkanes) is 3. The minimum atomic E-state index is -1.28. The number of carboxylic acid groups (broad SMARTS) is 1. The van der Waals surface area contributed by atoms with Crippen molar-refractivity contribution in [3.63, 3.8) is 0 Å². The largest absolute Gasteiger partial charge is 0.483 e. The molecule has 0 aliphatic carbocycles. The van der Waals surface area contributed by atoms with Gasteiger partial charge in [0.05, 0.1) is 34.0 Å². The van der Waals surface area contributed by atoms with Crippen LogP contribution in [-0.2, 0) is 34.9 Å². The monoisotopic (exact) mass is 798 g/mol. The van der Waals surface area contributed by atoms with Crippen molar-refractivity contribution >= 4 is 46.3 Å². The zero-order valence-electron chi connectivity index (χ0n) is 33.1. The topological polar surface area (TPSA) is 251 Å². The molecule has 1 aromatic carbocycles. The molecule has 312 valence electrons. The first-order valence-corrected chi connectivity index (χ1v) is 19.1. The molecule has 0 radical (unpaired) electrons. The molecule has 1 fully saturated rings. The summed E-state index contributed by atoms with van der Waals surface area (Å²) in [7, 11) is 2.03. The van der Waals surface area contributed by atoms with Crippen LogP contribution in [0.15, 0.2) is 45.3 Å². The van der Waals surface area contributed by atoms with Crippen LogP contribution < -0.4 is 21.5 Å². The lowest BCUT2D eigenvalue weighted by Crippen LogP contribution is -2.52. The molecule has 8 N–H and O–H groups in total. The maximum Gasteiger partial charge on any atom is 0.408 e. The highest BCUT2D eigenvalue weighted by molar-refractivity contribution is 7.29. The number of amidine groups is 1. The number of alkyl carbamates (subject to hydrolysis) is 1. The van der Waals surface area contributed by atoms with Gasteiger partial charge in [0.1, 0.15) is 36.2 Å². The lowest BCUT2D eigenvalue weighted by molar-refractivity contribution is -0.226. The molecule has 1 amide bonds. The van der Waals surface area contributed by atoms with E-state index < -0.39 is 29.8 Å². The van der Waals surface area contributed by atoms with Crippen LogP contribution >= 0.6 is 8.96 Å². The molecule has 1 saturated heterocycles. The molecule has 55 heavy (non-hydrogen) atoms. The molecule has 18 nitrogen and oxygen atoms in total. The molecule has 0 bridgehead atoms. The number of hydrogen-bond acceptors (Lipinski definition) is 16. The van der Waals surface area contributed by atoms with Crippen molar-refractivity contribution in [2.45, 2.75) is 128 Å². The zero-order chi connectivity index (χ0) is 41.3. The third-order valence-electron chi connectivity index (χ3n) is 7.38. The number of aliphatic imine (C=N–C) groups is 3. The number of rotatable bonds is 17. The number of ether oxygens (including phenoxy) is 3. The number of nitrogens with one attached hydrogen (secondary N) is 3. The Morgan fingerprint density at radius 3 is 2.40 bits per heavy atom. The van der Waals surface area contributed by atoms with Crippen LogP contribution in [0.25, 0.3) is 0 Å². The van der Waals surface area contributed by atoms with Crippen LogP contribution in [0, 0.1) is 0 Å². The van der Waals surface area contributed by atoms with E-state index in [1.807, 2.05) is 18.0 Å². The lowest BCUT2D eigenvalue weighted by atomic mass is 10.1. The highest BCUT2D eigenvalue weighted by Crippen LogP contribution is 2.33. The number of amides is 1. The Morgan fingerprint density at radius 2 is 1.80 bits per heavy atom. The summed E-state index contributed by atoms with van der Waals surface area (Å²) < 4.78 is 22.4. The molecular weight excluding hydrogens is 735 g/mol. The molecule has 3 heterocycles. The van der Waals surface area contributed by atoms with E-state index in [9.17, 15) is 14.7 Å². The predicted octanol–water partition coefficient (Wildman–Crippen LogP) is 2.53. The Labute approximate surface area is 326 Å². The van der Waals surface area contributed by atoms with E-state index in [0.29, 0.717) is 31.8 Å². The molecule has 1 aromatic rings. The quantitative estimate of drug-likeness (QED) is 0.0518. The van der Waals surface area contributed by atoms with Gasteiger partial charge in [-0.05, 0) is 73.5 Å². The van der Waals surface area contributed by atoms with Crippen molar-refractivity contribution in [2.24, 2.45) is 20.7 Å². The molecule has 3 aliphatic rings. The highest BCUT2D eigenvalue weighted by Gasteiger charge is 2.47. The third-order valence-corrected chi connectivity index (χ3v) is 7.90. The molecule has 19 heteroatoms. The Hall–Kier alpha value is -3.61. The van der Waals surface area contributed by atoms with E-state index in [-0.39, 0.29) is 39.8 Å². The van der Waals surface area contributed by atoms with Crippen LogP contribution in [0.1, 0.15) is 79.2 Å². The Kier molecular flexibility index (Phi) is 24.3. The number of aliphatic hydroxyl groups is 2. The normalized spacial score (nSPS) is 21.9. The summed E-state index contributed by atoms with van der Waals surface area (Å²) in [6.45, 7) is 12.6. The number of fused-ring (bicyclic) bond motifs is 1. The number of hydrogen-bond donors (Lipinski definition) is 7. The van der Waals surface area contributed by atoms with E-state index in [4.69, 9.17) is 39.5 Å². The van der Waals surface area contributed by atoms with E-state index >= 15 is 0 Å². The van der Waals surface area contributed by atoms with E-state index in [0.717, 1.165) is 25.9 Å². The van der Waals surface area contributed by atoms with Crippen molar-refractivity contribution in [3.8, 4) is 0 Å². The van der Waals surface area contributed by atoms with Gasteiger partial charge in [0.15, 0.2) is 18.2 Å². The molecule has 0 saturated carbocycles. The number of carbonyl (C=O) groups excluding carboxylic acids is 2. The van der Waals surface area contributed by atoms with Gasteiger partial charge in [0.25, 0.3) is 6.47 Å². The number of aliphatic hydroxyl groups excluding tert-OH is 1. The van der Waals surface area contributed by atoms with Crippen molar-refractivity contribution in [3.05, 3.63) is 35.9 Å². The maximum absolute atomic E-state index is 10.9. The summed E-state index contributed by atoms with van der Waals surface area (Å²) in [6, 6.07) is 9.63. The summed E-state index contributed by atoms with van der Waals surface area (Å²) in [6.07, 6.45) is 7.02. The summed E-state index contributed by atoms with van der Waals surface area (Å²) in [5.74, 6) is -0.853. The number of nitrogens with zero attached hydrogens (tertiary/aromatic N) is 4. The van der Waals surface area contributed by atoms with Gasteiger partial charge in [0, 0.05) is 19.6 Å². The van der Waals surface area contributed by atoms with Crippen LogP contribution in [0.4, 0.5) is 4.79 Å². The summed E-state index contributed by atoms with van der Waals surface area (Å²) in [5, 5.41) is 34.3. The first-order valence-electron chi connectivity index (χ1n) is 18.2. The maximum atomic E-state index is 10.9. The van der Waals surface area contributed by atoms with Gasteiger partial charge in [-0.2, -0.15) is 0 Å². The smallest absolute Gasteiger partial charge is 0.408 e. The standard InChI is InChI=1S/C14H25N6O4P.C13H21NO.C8H15NO3.CH2O2/c1-14(2,21)24-9-4-8(5-22-25-16-3)23-13(9)20-7-19-10-11(15)17-6-18-12(10)20;15-11-7-2-1-6-10-14-12-13-8-4-3-5-9-13;1-6(5-10)9-7(11)12-8(2,3)4;2-1-3/h6-10,12-13,16,21,25H,4-5H2,1-3H3,(H2,15,17,18);3-5,8-9,14-15H,1-2,6-7,10-12H2;5-6H,1-4H3,(H,9,11);1H,(H,2,3). The fourth-order valence-corrected chi connectivity index (χ4v) is 5.56. The number of benzene rings is 1. The van der Waals surface area contributed by atoms with Gasteiger partial charge in [0.2, 0.25) is 0 Å². The highest BCUT2D eigenvalue weighted by atomic mass is 31.1. The average molecular weight is 799 g/mol. The number of carbonyl (C=O) groups is 3. The first-order chi connectivity index (χ1) is 26.1. The van der Waals surface area contributed by atoms with Gasteiger partial charge in [-0.1, -0.05) is 43.2 Å². The van der Waals surface area contributed by atoms with E-state index in [2.05, 4.69) is 55.0 Å². The fourth-order valence-electron chi connectivity index (χ4n) is 5.15. The Morgan fingerprint density at radius 1 is 1.13 bits per heavy atom. The second-order valence-electron chi connectivity index (χ2n) is 14.0. The minimum absolute atomic E-state index is 0.149. The fraction of sp³-hybridized carbons (Fsp3) is 0.667.